The number of amides is 2. The molecule has 1 aromatic carbocycles. The van der Waals surface area contributed by atoms with Crippen molar-refractivity contribution in [3.05, 3.63) is 29.8 Å². The second-order valence-electron chi connectivity index (χ2n) is 7.68. The molecule has 8 nitrogen and oxygen atoms in total. The summed E-state index contributed by atoms with van der Waals surface area (Å²) >= 11 is 0. The molecule has 0 aliphatic carbocycles. The Balaban J connectivity index is 0.00000272. The number of piperazine rings is 1. The molecule has 1 aromatic rings. The van der Waals surface area contributed by atoms with Gasteiger partial charge in [-0.05, 0) is 23.8 Å². The Bertz CT molecular complexity index is 789. The molecule has 4 rings (SSSR count). The van der Waals surface area contributed by atoms with E-state index in [0.29, 0.717) is 72.2 Å². The molecule has 31 heavy (non-hydrogen) atoms. The van der Waals surface area contributed by atoms with E-state index < -0.39 is 0 Å². The molecule has 170 valence electrons. The van der Waals surface area contributed by atoms with Crippen molar-refractivity contribution in [1.29, 1.82) is 0 Å². The third kappa shape index (κ3) is 6.35. The summed E-state index contributed by atoms with van der Waals surface area (Å²) in [6.45, 7) is 6.94. The zero-order valence-electron chi connectivity index (χ0n) is 17.7. The molecular formula is C22H30ClN3O5. The van der Waals surface area contributed by atoms with Crippen LogP contribution in [0, 0.1) is 0 Å². The van der Waals surface area contributed by atoms with E-state index in [-0.39, 0.29) is 24.2 Å². The Kier molecular flexibility index (Phi) is 8.57. The predicted octanol–water partition coefficient (Wildman–Crippen LogP) is 1.29. The van der Waals surface area contributed by atoms with E-state index in [0.717, 1.165) is 23.5 Å². The largest absolute Gasteiger partial charge is 0.490 e. The van der Waals surface area contributed by atoms with Gasteiger partial charge in [-0.15, -0.1) is 12.4 Å². The SMILES string of the molecule is Cl.O=C(/C=C/c1ccc2c(c1)OCCCO2)N1CCN(CC(=O)N2CCOCC2)CC1. The number of benzene rings is 1. The number of carbonyl (C=O) groups excluding carboxylic acids is 2. The van der Waals surface area contributed by atoms with E-state index in [1.807, 2.05) is 34.1 Å². The van der Waals surface area contributed by atoms with E-state index in [1.54, 1.807) is 6.08 Å². The lowest BCUT2D eigenvalue weighted by atomic mass is 10.2. The Hall–Kier alpha value is -2.29. The van der Waals surface area contributed by atoms with Crippen molar-refractivity contribution in [2.75, 3.05) is 72.2 Å². The maximum atomic E-state index is 12.6. The third-order valence-electron chi connectivity index (χ3n) is 5.60. The number of ether oxygens (including phenoxy) is 3. The highest BCUT2D eigenvalue weighted by molar-refractivity contribution is 5.92. The maximum Gasteiger partial charge on any atom is 0.246 e. The molecule has 2 saturated heterocycles. The molecule has 0 spiro atoms. The van der Waals surface area contributed by atoms with Gasteiger partial charge in [-0.1, -0.05) is 6.07 Å². The third-order valence-corrected chi connectivity index (χ3v) is 5.60. The van der Waals surface area contributed by atoms with Gasteiger partial charge in [-0.25, -0.2) is 0 Å². The number of rotatable bonds is 4. The fourth-order valence-corrected chi connectivity index (χ4v) is 3.79. The first-order chi connectivity index (χ1) is 14.7. The van der Waals surface area contributed by atoms with Crippen molar-refractivity contribution in [2.45, 2.75) is 6.42 Å². The highest BCUT2D eigenvalue weighted by atomic mass is 35.5. The van der Waals surface area contributed by atoms with Crippen LogP contribution in [0.25, 0.3) is 6.08 Å². The van der Waals surface area contributed by atoms with Crippen LogP contribution in [0.4, 0.5) is 0 Å². The van der Waals surface area contributed by atoms with Crippen LogP contribution in [0.5, 0.6) is 11.5 Å². The molecule has 3 heterocycles. The van der Waals surface area contributed by atoms with E-state index in [1.165, 1.54) is 0 Å². The lowest BCUT2D eigenvalue weighted by Gasteiger charge is -2.35. The summed E-state index contributed by atoms with van der Waals surface area (Å²) in [5, 5.41) is 0. The van der Waals surface area contributed by atoms with Gasteiger partial charge >= 0.3 is 0 Å². The Morgan fingerprint density at radius 2 is 1.58 bits per heavy atom. The summed E-state index contributed by atoms with van der Waals surface area (Å²) in [5.41, 5.74) is 0.905. The lowest BCUT2D eigenvalue weighted by molar-refractivity contribution is -0.137. The van der Waals surface area contributed by atoms with Crippen LogP contribution < -0.4 is 9.47 Å². The topological polar surface area (TPSA) is 71.6 Å². The predicted molar refractivity (Wildman–Crippen MR) is 119 cm³/mol. The molecule has 0 radical (unpaired) electrons. The lowest BCUT2D eigenvalue weighted by Crippen LogP contribution is -2.52. The monoisotopic (exact) mass is 451 g/mol. The van der Waals surface area contributed by atoms with Gasteiger partial charge in [0.25, 0.3) is 0 Å². The zero-order chi connectivity index (χ0) is 20.8. The maximum absolute atomic E-state index is 12.6. The van der Waals surface area contributed by atoms with Crippen LogP contribution in [-0.2, 0) is 14.3 Å². The van der Waals surface area contributed by atoms with Crippen LogP contribution in [0.3, 0.4) is 0 Å². The Labute approximate surface area is 189 Å². The molecule has 2 fully saturated rings. The van der Waals surface area contributed by atoms with Crippen LogP contribution in [0.1, 0.15) is 12.0 Å². The fourth-order valence-electron chi connectivity index (χ4n) is 3.79. The smallest absolute Gasteiger partial charge is 0.246 e. The number of fused-ring (bicyclic) bond motifs is 1. The molecule has 3 aliphatic heterocycles. The van der Waals surface area contributed by atoms with Crippen LogP contribution in [-0.4, -0.2) is 98.8 Å². The van der Waals surface area contributed by atoms with Crippen molar-refractivity contribution >= 4 is 30.3 Å². The van der Waals surface area contributed by atoms with Gasteiger partial charge in [0.1, 0.15) is 0 Å². The van der Waals surface area contributed by atoms with Crippen LogP contribution in [0.2, 0.25) is 0 Å². The minimum Gasteiger partial charge on any atom is -0.490 e. The summed E-state index contributed by atoms with van der Waals surface area (Å²) in [4.78, 5) is 30.8. The molecule has 2 amide bonds. The van der Waals surface area contributed by atoms with Crippen LogP contribution >= 0.6 is 12.4 Å². The van der Waals surface area contributed by atoms with Gasteiger partial charge in [-0.2, -0.15) is 0 Å². The number of carbonyl (C=O) groups is 2. The number of nitrogens with zero attached hydrogens (tertiary/aromatic N) is 3. The van der Waals surface area contributed by atoms with Gasteiger partial charge in [0.05, 0.1) is 33.0 Å². The van der Waals surface area contributed by atoms with Gasteiger partial charge in [0, 0.05) is 51.8 Å². The summed E-state index contributed by atoms with van der Waals surface area (Å²) in [5.74, 6) is 1.60. The fraction of sp³-hybridized carbons (Fsp3) is 0.545. The van der Waals surface area contributed by atoms with Gasteiger partial charge in [-0.3, -0.25) is 14.5 Å². The molecule has 0 unspecified atom stereocenters. The zero-order valence-corrected chi connectivity index (χ0v) is 18.5. The van der Waals surface area contributed by atoms with Crippen molar-refractivity contribution in [3.63, 3.8) is 0 Å². The molecule has 0 bridgehead atoms. The number of halogens is 1. The average molecular weight is 452 g/mol. The standard InChI is InChI=1S/C22H29N3O5.ClH/c26-21(5-3-18-2-4-19-20(16-18)30-13-1-12-29-19)24-8-6-23(7-9-24)17-22(27)25-10-14-28-15-11-25;/h2-5,16H,1,6-15,17H2;1H/b5-3+;. The van der Waals surface area contributed by atoms with Crippen LogP contribution in [0.15, 0.2) is 24.3 Å². The van der Waals surface area contributed by atoms with Crippen molar-refractivity contribution < 1.29 is 23.8 Å². The number of hydrogen-bond donors (Lipinski definition) is 0. The van der Waals surface area contributed by atoms with Gasteiger partial charge < -0.3 is 24.0 Å². The number of morpholine rings is 1. The van der Waals surface area contributed by atoms with Crippen molar-refractivity contribution in [2.24, 2.45) is 0 Å². The summed E-state index contributed by atoms with van der Waals surface area (Å²) in [6.07, 6.45) is 4.28. The first-order valence-corrected chi connectivity index (χ1v) is 10.6. The minimum atomic E-state index is -0.0127. The van der Waals surface area contributed by atoms with Gasteiger partial charge in [0.15, 0.2) is 11.5 Å². The highest BCUT2D eigenvalue weighted by Crippen LogP contribution is 2.30. The molecule has 0 saturated carbocycles. The molecule has 0 N–H and O–H groups in total. The molecule has 9 heteroatoms. The Morgan fingerprint density at radius 3 is 2.32 bits per heavy atom. The summed E-state index contributed by atoms with van der Waals surface area (Å²) < 4.78 is 16.6. The highest BCUT2D eigenvalue weighted by Gasteiger charge is 2.24. The summed E-state index contributed by atoms with van der Waals surface area (Å²) in [7, 11) is 0. The second kappa shape index (κ2) is 11.4. The van der Waals surface area contributed by atoms with Gasteiger partial charge in [0.2, 0.25) is 11.8 Å². The molecule has 3 aliphatic rings. The second-order valence-corrected chi connectivity index (χ2v) is 7.68. The normalized spacial score (nSPS) is 19.6. The molecule has 0 atom stereocenters. The molecular weight excluding hydrogens is 422 g/mol. The van der Waals surface area contributed by atoms with Crippen molar-refractivity contribution in [3.8, 4) is 11.5 Å². The van der Waals surface area contributed by atoms with E-state index >= 15 is 0 Å². The minimum absolute atomic E-state index is 0. The molecule has 0 aromatic heterocycles. The Morgan fingerprint density at radius 1 is 0.871 bits per heavy atom. The van der Waals surface area contributed by atoms with E-state index in [9.17, 15) is 9.59 Å². The first kappa shape index (κ1) is 23.4. The average Bonchev–Trinajstić information content (AvgIpc) is 3.03. The van der Waals surface area contributed by atoms with E-state index in [2.05, 4.69) is 4.90 Å². The van der Waals surface area contributed by atoms with Crippen molar-refractivity contribution in [1.82, 2.24) is 14.7 Å². The first-order valence-electron chi connectivity index (χ1n) is 10.6. The summed E-state index contributed by atoms with van der Waals surface area (Å²) in [6, 6.07) is 5.71. The number of hydrogen-bond acceptors (Lipinski definition) is 6. The van der Waals surface area contributed by atoms with E-state index in [4.69, 9.17) is 14.2 Å². The quantitative estimate of drug-likeness (QED) is 0.642.